The number of hydrogen-bond donors (Lipinski definition) is 1. The highest BCUT2D eigenvalue weighted by atomic mass is 79.9. The summed E-state index contributed by atoms with van der Waals surface area (Å²) in [7, 11) is 0. The minimum Gasteiger partial charge on any atom is -0.506 e. The van der Waals surface area contributed by atoms with Gasteiger partial charge in [-0.05, 0) is 58.4 Å². The summed E-state index contributed by atoms with van der Waals surface area (Å²) in [5, 5.41) is 10.1. The van der Waals surface area contributed by atoms with Crippen molar-refractivity contribution < 1.29 is 9.52 Å². The van der Waals surface area contributed by atoms with Crippen molar-refractivity contribution in [3.8, 4) is 17.2 Å². The average molecular weight is 551 g/mol. The summed E-state index contributed by atoms with van der Waals surface area (Å²) in [6.45, 7) is 0. The van der Waals surface area contributed by atoms with Gasteiger partial charge in [-0.2, -0.15) is 0 Å². The number of fused-ring (bicyclic) bond motifs is 1. The van der Waals surface area contributed by atoms with E-state index in [-0.39, 0.29) is 5.75 Å². The lowest BCUT2D eigenvalue weighted by atomic mass is 10.2. The normalized spacial score (nSPS) is 11.5. The fourth-order valence-electron chi connectivity index (χ4n) is 2.57. The molecule has 1 heterocycles. The van der Waals surface area contributed by atoms with E-state index in [1.807, 2.05) is 42.5 Å². The van der Waals surface area contributed by atoms with Gasteiger partial charge in [-0.25, -0.2) is 4.98 Å². The van der Waals surface area contributed by atoms with Crippen LogP contribution < -0.4 is 0 Å². The summed E-state index contributed by atoms with van der Waals surface area (Å²) in [5.74, 6) is 0.695. The van der Waals surface area contributed by atoms with Crippen molar-refractivity contribution in [1.29, 1.82) is 0 Å². The van der Waals surface area contributed by atoms with Gasteiger partial charge in [0.25, 0.3) is 0 Å². The topological polar surface area (TPSA) is 58.6 Å². The largest absolute Gasteiger partial charge is 0.506 e. The lowest BCUT2D eigenvalue weighted by molar-refractivity contribution is 0.471. The van der Waals surface area contributed by atoms with Gasteiger partial charge in [-0.1, -0.05) is 37.9 Å². The van der Waals surface area contributed by atoms with Gasteiger partial charge in [-0.3, -0.25) is 4.99 Å². The molecular formula is C20H11Br3N2O2. The van der Waals surface area contributed by atoms with E-state index in [1.54, 1.807) is 18.3 Å². The molecule has 0 fully saturated rings. The fraction of sp³-hybridized carbons (Fsp3) is 0. The van der Waals surface area contributed by atoms with Crippen LogP contribution in [0.1, 0.15) is 5.56 Å². The van der Waals surface area contributed by atoms with Gasteiger partial charge >= 0.3 is 0 Å². The number of phenolic OH excluding ortho intramolecular Hbond substituents is 1. The number of aliphatic imine (C=N–C) groups is 1. The van der Waals surface area contributed by atoms with Crippen molar-refractivity contribution in [2.45, 2.75) is 0 Å². The first-order chi connectivity index (χ1) is 13.0. The molecule has 0 saturated heterocycles. The predicted octanol–water partition coefficient (Wildman–Crippen LogP) is 7.24. The van der Waals surface area contributed by atoms with Crippen LogP contribution in [0.5, 0.6) is 5.75 Å². The Bertz CT molecular complexity index is 1190. The zero-order chi connectivity index (χ0) is 19.0. The van der Waals surface area contributed by atoms with E-state index < -0.39 is 0 Å². The molecule has 4 nitrogen and oxygen atoms in total. The molecule has 4 rings (SSSR count). The molecule has 134 valence electrons. The van der Waals surface area contributed by atoms with Crippen molar-refractivity contribution in [1.82, 2.24) is 4.98 Å². The Hall–Kier alpha value is -1.96. The molecule has 0 aliphatic rings. The summed E-state index contributed by atoms with van der Waals surface area (Å²) in [5.41, 5.74) is 3.62. The number of nitrogens with zero attached hydrogens (tertiary/aromatic N) is 2. The highest BCUT2D eigenvalue weighted by Crippen LogP contribution is 2.32. The Morgan fingerprint density at radius 2 is 1.81 bits per heavy atom. The summed E-state index contributed by atoms with van der Waals surface area (Å²) >= 11 is 10.2. The van der Waals surface area contributed by atoms with E-state index in [1.165, 1.54) is 0 Å². The van der Waals surface area contributed by atoms with Gasteiger partial charge in [0.1, 0.15) is 11.3 Å². The molecule has 1 aromatic heterocycles. The van der Waals surface area contributed by atoms with Crippen molar-refractivity contribution in [2.24, 2.45) is 4.99 Å². The van der Waals surface area contributed by atoms with Crippen LogP contribution in [0.2, 0.25) is 0 Å². The quantitative estimate of drug-likeness (QED) is 0.274. The predicted molar refractivity (Wildman–Crippen MR) is 118 cm³/mol. The van der Waals surface area contributed by atoms with Crippen LogP contribution in [0.25, 0.3) is 22.6 Å². The minimum atomic E-state index is 0.139. The maximum Gasteiger partial charge on any atom is 0.227 e. The number of oxazole rings is 1. The molecule has 0 radical (unpaired) electrons. The number of halogens is 3. The molecule has 27 heavy (non-hydrogen) atoms. The summed E-state index contributed by atoms with van der Waals surface area (Å²) in [6.07, 6.45) is 1.61. The summed E-state index contributed by atoms with van der Waals surface area (Å²) < 4.78 is 8.30. The maximum absolute atomic E-state index is 10.1. The standard InChI is InChI=1S/C20H11Br3N2O2/c21-13-3-1-2-11(6-13)20-25-17-5-4-15(9-18(17)27-20)24-10-12-7-14(22)8-16(23)19(12)26/h1-10,26H. The van der Waals surface area contributed by atoms with Crippen LogP contribution in [0, 0.1) is 0 Å². The molecule has 0 atom stereocenters. The zero-order valence-corrected chi connectivity index (χ0v) is 18.4. The summed E-state index contributed by atoms with van der Waals surface area (Å²) in [4.78, 5) is 8.97. The van der Waals surface area contributed by atoms with E-state index in [9.17, 15) is 5.11 Å². The lowest BCUT2D eigenvalue weighted by Gasteiger charge is -2.02. The van der Waals surface area contributed by atoms with E-state index in [0.717, 1.165) is 20.0 Å². The highest BCUT2D eigenvalue weighted by molar-refractivity contribution is 9.11. The second-order valence-corrected chi connectivity index (χ2v) is 8.45. The molecule has 0 unspecified atom stereocenters. The molecule has 0 saturated carbocycles. The Kier molecular flexibility index (Phi) is 5.16. The first-order valence-electron chi connectivity index (χ1n) is 7.88. The molecule has 7 heteroatoms. The average Bonchev–Trinajstić information content (AvgIpc) is 3.07. The van der Waals surface area contributed by atoms with Crippen LogP contribution in [0.15, 0.2) is 77.4 Å². The van der Waals surface area contributed by atoms with Gasteiger partial charge in [0.05, 0.1) is 10.2 Å². The third-order valence-corrected chi connectivity index (χ3v) is 5.41. The number of aromatic nitrogens is 1. The van der Waals surface area contributed by atoms with Crippen LogP contribution in [-0.2, 0) is 0 Å². The smallest absolute Gasteiger partial charge is 0.227 e. The van der Waals surface area contributed by atoms with Crippen LogP contribution >= 0.6 is 47.8 Å². The van der Waals surface area contributed by atoms with Crippen molar-refractivity contribution >= 4 is 70.8 Å². The molecule has 4 aromatic rings. The second kappa shape index (κ2) is 7.58. The first-order valence-corrected chi connectivity index (χ1v) is 10.3. The molecule has 0 amide bonds. The Morgan fingerprint density at radius 3 is 2.63 bits per heavy atom. The SMILES string of the molecule is Oc1c(Br)cc(Br)cc1C=Nc1ccc2nc(-c3cccc(Br)c3)oc2c1. The summed E-state index contributed by atoms with van der Waals surface area (Å²) in [6, 6.07) is 16.9. The fourth-order valence-corrected chi connectivity index (χ4v) is 4.22. The second-order valence-electron chi connectivity index (χ2n) is 5.77. The van der Waals surface area contributed by atoms with Crippen molar-refractivity contribution in [3.05, 3.63) is 73.6 Å². The van der Waals surface area contributed by atoms with Gasteiger partial charge in [0, 0.05) is 32.4 Å². The van der Waals surface area contributed by atoms with Crippen molar-refractivity contribution in [3.63, 3.8) is 0 Å². The molecule has 0 bridgehead atoms. The van der Waals surface area contributed by atoms with E-state index in [4.69, 9.17) is 4.42 Å². The number of phenols is 1. The molecule has 0 aliphatic carbocycles. The maximum atomic E-state index is 10.1. The van der Waals surface area contributed by atoms with Crippen LogP contribution in [0.4, 0.5) is 5.69 Å². The van der Waals surface area contributed by atoms with E-state index >= 15 is 0 Å². The third-order valence-electron chi connectivity index (χ3n) is 3.85. The Labute approximate surface area is 180 Å². The van der Waals surface area contributed by atoms with Gasteiger partial charge in [0.2, 0.25) is 5.89 Å². The zero-order valence-electron chi connectivity index (χ0n) is 13.7. The van der Waals surface area contributed by atoms with Gasteiger partial charge in [-0.15, -0.1) is 0 Å². The van der Waals surface area contributed by atoms with E-state index in [2.05, 4.69) is 57.8 Å². The number of aromatic hydroxyl groups is 1. The third kappa shape index (κ3) is 4.00. The Balaban J connectivity index is 1.68. The highest BCUT2D eigenvalue weighted by Gasteiger charge is 2.09. The molecular weight excluding hydrogens is 540 g/mol. The van der Waals surface area contributed by atoms with Crippen molar-refractivity contribution in [2.75, 3.05) is 0 Å². The Morgan fingerprint density at radius 1 is 0.963 bits per heavy atom. The van der Waals surface area contributed by atoms with Gasteiger partial charge in [0.15, 0.2) is 5.58 Å². The number of rotatable bonds is 3. The number of hydrogen-bond acceptors (Lipinski definition) is 4. The van der Waals surface area contributed by atoms with E-state index in [0.29, 0.717) is 27.2 Å². The number of benzene rings is 3. The molecule has 1 N–H and O–H groups in total. The molecule has 0 aliphatic heterocycles. The first kappa shape index (κ1) is 18.4. The van der Waals surface area contributed by atoms with Gasteiger partial charge < -0.3 is 9.52 Å². The van der Waals surface area contributed by atoms with Crippen LogP contribution in [0.3, 0.4) is 0 Å². The molecule has 0 spiro atoms. The van der Waals surface area contributed by atoms with Crippen LogP contribution in [-0.4, -0.2) is 16.3 Å². The lowest BCUT2D eigenvalue weighted by Crippen LogP contribution is -1.84. The monoisotopic (exact) mass is 548 g/mol. The molecule has 3 aromatic carbocycles. The minimum absolute atomic E-state index is 0.139.